The lowest BCUT2D eigenvalue weighted by molar-refractivity contribution is 0.1000. The molecule has 0 spiro atoms. The van der Waals surface area contributed by atoms with E-state index in [0.29, 0.717) is 5.56 Å². The van der Waals surface area contributed by atoms with E-state index in [0.717, 1.165) is 32.0 Å². The van der Waals surface area contributed by atoms with Crippen molar-refractivity contribution in [1.29, 1.82) is 0 Å². The number of carbonyl (C=O) groups is 1. The molecule has 1 aliphatic carbocycles. The van der Waals surface area contributed by atoms with Gasteiger partial charge in [-0.05, 0) is 48.9 Å². The first-order valence-corrected chi connectivity index (χ1v) is 6.90. The van der Waals surface area contributed by atoms with Crippen LogP contribution >= 0.6 is 0 Å². The molecule has 0 atom stereocenters. The van der Waals surface area contributed by atoms with Crippen molar-refractivity contribution in [2.45, 2.75) is 38.1 Å². The van der Waals surface area contributed by atoms with E-state index in [1.165, 1.54) is 30.4 Å². The zero-order chi connectivity index (χ0) is 12.5. The minimum Gasteiger partial charge on any atom is -0.366 e. The van der Waals surface area contributed by atoms with Crippen LogP contribution in [0.25, 0.3) is 0 Å². The number of primary amides is 1. The highest BCUT2D eigenvalue weighted by atomic mass is 16.1. The Morgan fingerprint density at radius 3 is 2.50 bits per heavy atom. The molecule has 2 aliphatic rings. The van der Waals surface area contributed by atoms with Gasteiger partial charge in [0, 0.05) is 24.7 Å². The molecule has 1 fully saturated rings. The molecular weight excluding hydrogens is 224 g/mol. The van der Waals surface area contributed by atoms with E-state index in [9.17, 15) is 4.79 Å². The number of benzene rings is 1. The van der Waals surface area contributed by atoms with Crippen molar-refractivity contribution in [3.8, 4) is 0 Å². The van der Waals surface area contributed by atoms with Gasteiger partial charge in [0.15, 0.2) is 0 Å². The van der Waals surface area contributed by atoms with Crippen LogP contribution < -0.4 is 5.73 Å². The van der Waals surface area contributed by atoms with Crippen LogP contribution in [0.15, 0.2) is 18.2 Å². The average Bonchev–Trinajstić information content (AvgIpc) is 2.49. The first-order valence-electron chi connectivity index (χ1n) is 6.90. The Labute approximate surface area is 108 Å². The van der Waals surface area contributed by atoms with Gasteiger partial charge in [-0.15, -0.1) is 0 Å². The molecule has 1 heterocycles. The molecule has 1 saturated carbocycles. The van der Waals surface area contributed by atoms with E-state index < -0.39 is 0 Å². The average molecular weight is 244 g/mol. The molecule has 3 nitrogen and oxygen atoms in total. The normalized spacial score (nSPS) is 20.9. The van der Waals surface area contributed by atoms with Crippen LogP contribution in [0.1, 0.15) is 40.7 Å². The summed E-state index contributed by atoms with van der Waals surface area (Å²) in [5, 5.41) is 0. The van der Waals surface area contributed by atoms with E-state index in [1.807, 2.05) is 12.1 Å². The summed E-state index contributed by atoms with van der Waals surface area (Å²) in [7, 11) is 0. The quantitative estimate of drug-likeness (QED) is 0.861. The van der Waals surface area contributed by atoms with Gasteiger partial charge in [0.05, 0.1) is 0 Å². The topological polar surface area (TPSA) is 46.3 Å². The molecule has 1 aromatic carbocycles. The minimum atomic E-state index is -0.321. The summed E-state index contributed by atoms with van der Waals surface area (Å²) in [5.41, 5.74) is 8.69. The maximum Gasteiger partial charge on any atom is 0.248 e. The Bertz CT molecular complexity index is 466. The number of nitrogens with two attached hydrogens (primary N) is 1. The van der Waals surface area contributed by atoms with Crippen LogP contribution in [-0.4, -0.2) is 29.9 Å². The van der Waals surface area contributed by atoms with Gasteiger partial charge in [-0.1, -0.05) is 12.5 Å². The third-order valence-corrected chi connectivity index (χ3v) is 4.42. The Morgan fingerprint density at radius 1 is 1.17 bits per heavy atom. The fourth-order valence-electron chi connectivity index (χ4n) is 3.01. The van der Waals surface area contributed by atoms with E-state index in [4.69, 9.17) is 5.73 Å². The third kappa shape index (κ3) is 2.15. The summed E-state index contributed by atoms with van der Waals surface area (Å²) >= 11 is 0. The fourth-order valence-corrected chi connectivity index (χ4v) is 3.01. The van der Waals surface area contributed by atoms with Crippen LogP contribution in [0.4, 0.5) is 0 Å². The molecule has 1 aromatic rings. The fraction of sp³-hybridized carbons (Fsp3) is 0.533. The molecule has 18 heavy (non-hydrogen) atoms. The summed E-state index contributed by atoms with van der Waals surface area (Å²) in [6.07, 6.45) is 6.27. The second-order valence-corrected chi connectivity index (χ2v) is 5.47. The maximum atomic E-state index is 11.2. The van der Waals surface area contributed by atoms with Crippen LogP contribution in [0.3, 0.4) is 0 Å². The molecule has 0 saturated heterocycles. The summed E-state index contributed by atoms with van der Waals surface area (Å²) in [4.78, 5) is 13.8. The summed E-state index contributed by atoms with van der Waals surface area (Å²) < 4.78 is 0. The van der Waals surface area contributed by atoms with Crippen LogP contribution in [0.2, 0.25) is 0 Å². The molecule has 96 valence electrons. The molecule has 0 unspecified atom stereocenters. The highest BCUT2D eigenvalue weighted by Gasteiger charge is 2.26. The predicted octanol–water partition coefficient (Wildman–Crippen LogP) is 1.74. The maximum absolute atomic E-state index is 11.2. The molecule has 3 heteroatoms. The van der Waals surface area contributed by atoms with Gasteiger partial charge in [0.25, 0.3) is 0 Å². The van der Waals surface area contributed by atoms with Crippen molar-refractivity contribution in [3.05, 3.63) is 34.9 Å². The monoisotopic (exact) mass is 244 g/mol. The van der Waals surface area contributed by atoms with Crippen molar-refractivity contribution in [3.63, 3.8) is 0 Å². The van der Waals surface area contributed by atoms with Gasteiger partial charge >= 0.3 is 0 Å². The smallest absolute Gasteiger partial charge is 0.248 e. The molecular formula is C15H20N2O. The van der Waals surface area contributed by atoms with Crippen molar-refractivity contribution < 1.29 is 4.79 Å². The van der Waals surface area contributed by atoms with Crippen molar-refractivity contribution in [2.75, 3.05) is 13.1 Å². The van der Waals surface area contributed by atoms with Crippen LogP contribution in [-0.2, 0) is 12.8 Å². The van der Waals surface area contributed by atoms with Gasteiger partial charge in [-0.2, -0.15) is 0 Å². The lowest BCUT2D eigenvalue weighted by Gasteiger charge is -2.36. The van der Waals surface area contributed by atoms with Crippen LogP contribution in [0.5, 0.6) is 0 Å². The zero-order valence-corrected chi connectivity index (χ0v) is 10.7. The Hall–Kier alpha value is -1.35. The Kier molecular flexibility index (Phi) is 3.08. The molecule has 1 amide bonds. The standard InChI is InChI=1S/C15H20N2O/c16-15(18)13-5-4-11-6-8-17(14-2-1-3-14)9-7-12(11)10-13/h4-5,10,14H,1-3,6-9H2,(H2,16,18). The molecule has 0 bridgehead atoms. The van der Waals surface area contributed by atoms with E-state index >= 15 is 0 Å². The molecule has 3 rings (SSSR count). The van der Waals surface area contributed by atoms with Crippen molar-refractivity contribution in [1.82, 2.24) is 4.90 Å². The van der Waals surface area contributed by atoms with Gasteiger partial charge in [0.1, 0.15) is 0 Å². The lowest BCUT2D eigenvalue weighted by atomic mass is 9.91. The first kappa shape index (κ1) is 11.7. The van der Waals surface area contributed by atoms with E-state index in [1.54, 1.807) is 0 Å². The van der Waals surface area contributed by atoms with Crippen molar-refractivity contribution in [2.24, 2.45) is 5.73 Å². The Morgan fingerprint density at radius 2 is 1.89 bits per heavy atom. The number of nitrogens with zero attached hydrogens (tertiary/aromatic N) is 1. The minimum absolute atomic E-state index is 0.321. The summed E-state index contributed by atoms with van der Waals surface area (Å²) in [6, 6.07) is 6.75. The largest absolute Gasteiger partial charge is 0.366 e. The number of carbonyl (C=O) groups excluding carboxylic acids is 1. The van der Waals surface area contributed by atoms with Gasteiger partial charge in [0.2, 0.25) is 5.91 Å². The molecule has 0 aromatic heterocycles. The molecule has 2 N–H and O–H groups in total. The number of hydrogen-bond donors (Lipinski definition) is 1. The number of rotatable bonds is 2. The molecule has 1 aliphatic heterocycles. The number of hydrogen-bond acceptors (Lipinski definition) is 2. The molecule has 0 radical (unpaired) electrons. The first-order chi connectivity index (χ1) is 8.74. The second-order valence-electron chi connectivity index (χ2n) is 5.47. The second kappa shape index (κ2) is 4.73. The number of fused-ring (bicyclic) bond motifs is 1. The van der Waals surface area contributed by atoms with E-state index in [-0.39, 0.29) is 5.91 Å². The highest BCUT2D eigenvalue weighted by Crippen LogP contribution is 2.27. The van der Waals surface area contributed by atoms with Crippen molar-refractivity contribution >= 4 is 5.91 Å². The highest BCUT2D eigenvalue weighted by molar-refractivity contribution is 5.93. The van der Waals surface area contributed by atoms with Gasteiger partial charge in [-0.3, -0.25) is 9.69 Å². The summed E-state index contributed by atoms with van der Waals surface area (Å²) in [5.74, 6) is -0.321. The summed E-state index contributed by atoms with van der Waals surface area (Å²) in [6.45, 7) is 2.29. The van der Waals surface area contributed by atoms with Gasteiger partial charge in [-0.25, -0.2) is 0 Å². The third-order valence-electron chi connectivity index (χ3n) is 4.42. The van der Waals surface area contributed by atoms with Crippen LogP contribution in [0, 0.1) is 0 Å². The Balaban J connectivity index is 1.78. The van der Waals surface area contributed by atoms with Gasteiger partial charge < -0.3 is 5.73 Å². The van der Waals surface area contributed by atoms with E-state index in [2.05, 4.69) is 11.0 Å². The SMILES string of the molecule is NC(=O)c1ccc2c(c1)CCN(C1CCC1)CC2. The number of amides is 1. The zero-order valence-electron chi connectivity index (χ0n) is 10.7. The predicted molar refractivity (Wildman–Crippen MR) is 71.6 cm³/mol. The lowest BCUT2D eigenvalue weighted by Crippen LogP contribution is -2.41.